The molecule has 0 bridgehead atoms. The zero-order valence-electron chi connectivity index (χ0n) is 11.6. The van der Waals surface area contributed by atoms with Crippen LogP contribution in [0.25, 0.3) is 0 Å². The van der Waals surface area contributed by atoms with Gasteiger partial charge in [0.2, 0.25) is 5.91 Å². The summed E-state index contributed by atoms with van der Waals surface area (Å²) in [4.78, 5) is 26.2. The van der Waals surface area contributed by atoms with E-state index < -0.39 is 0 Å². The van der Waals surface area contributed by atoms with Crippen LogP contribution in [0.2, 0.25) is 0 Å². The third-order valence-corrected chi connectivity index (χ3v) is 4.53. The molecule has 1 atom stereocenters. The molecule has 0 radical (unpaired) electrons. The average Bonchev–Trinajstić information content (AvgIpc) is 3.10. The lowest BCUT2D eigenvalue weighted by molar-refractivity contribution is -0.129. The molecular formula is C16H20N2O2. The Morgan fingerprint density at radius 2 is 2.00 bits per heavy atom. The largest absolute Gasteiger partial charge is 0.342 e. The van der Waals surface area contributed by atoms with E-state index in [0.717, 1.165) is 39.0 Å². The molecule has 2 saturated heterocycles. The normalized spacial score (nSPS) is 25.3. The van der Waals surface area contributed by atoms with Crippen LogP contribution in [0, 0.1) is 5.41 Å². The summed E-state index contributed by atoms with van der Waals surface area (Å²) in [5.74, 6) is -0.108. The van der Waals surface area contributed by atoms with E-state index in [2.05, 4.69) is 5.32 Å². The van der Waals surface area contributed by atoms with Crippen LogP contribution in [0.15, 0.2) is 30.3 Å². The lowest BCUT2D eigenvalue weighted by Crippen LogP contribution is -2.34. The Morgan fingerprint density at radius 3 is 2.70 bits per heavy atom. The molecule has 2 fully saturated rings. The van der Waals surface area contributed by atoms with E-state index in [0.29, 0.717) is 5.56 Å². The van der Waals surface area contributed by atoms with Gasteiger partial charge in [-0.25, -0.2) is 0 Å². The van der Waals surface area contributed by atoms with Gasteiger partial charge in [0.05, 0.1) is 6.42 Å². The third-order valence-electron chi connectivity index (χ3n) is 4.53. The molecule has 3 rings (SSSR count). The fourth-order valence-electron chi connectivity index (χ4n) is 3.27. The molecule has 1 spiro atoms. The zero-order chi connectivity index (χ0) is 14.0. The predicted octanol–water partition coefficient (Wildman–Crippen LogP) is 1.47. The molecule has 1 unspecified atom stereocenters. The topological polar surface area (TPSA) is 49.4 Å². The number of carbonyl (C=O) groups is 2. The molecule has 2 aliphatic rings. The number of nitrogens with zero attached hydrogens (tertiary/aromatic N) is 1. The van der Waals surface area contributed by atoms with Gasteiger partial charge in [0.25, 0.3) is 0 Å². The molecule has 1 amide bonds. The van der Waals surface area contributed by atoms with E-state index in [1.54, 1.807) is 12.1 Å². The summed E-state index contributed by atoms with van der Waals surface area (Å²) >= 11 is 0. The quantitative estimate of drug-likeness (QED) is 0.669. The number of nitrogens with one attached hydrogen (secondary N) is 1. The molecule has 0 saturated carbocycles. The maximum absolute atomic E-state index is 12.3. The van der Waals surface area contributed by atoms with E-state index in [1.807, 2.05) is 23.1 Å². The summed E-state index contributed by atoms with van der Waals surface area (Å²) in [6, 6.07) is 9.05. The minimum atomic E-state index is -0.0823. The number of benzene rings is 1. The van der Waals surface area contributed by atoms with Crippen LogP contribution in [0.3, 0.4) is 0 Å². The maximum atomic E-state index is 12.3. The van der Waals surface area contributed by atoms with E-state index in [1.165, 1.54) is 0 Å². The maximum Gasteiger partial charge on any atom is 0.230 e. The number of likely N-dealkylation sites (tertiary alicyclic amines) is 1. The van der Waals surface area contributed by atoms with Crippen LogP contribution in [0.5, 0.6) is 0 Å². The fourth-order valence-corrected chi connectivity index (χ4v) is 3.27. The minimum absolute atomic E-state index is 0.00643. The van der Waals surface area contributed by atoms with Crippen molar-refractivity contribution in [2.45, 2.75) is 19.3 Å². The molecule has 0 aromatic heterocycles. The molecule has 20 heavy (non-hydrogen) atoms. The SMILES string of the molecule is O=C(CC(=O)N1CCC2(CCNC2)C1)c1ccccc1. The monoisotopic (exact) mass is 272 g/mol. The van der Waals surface area contributed by atoms with Crippen LogP contribution in [0.1, 0.15) is 29.6 Å². The fraction of sp³-hybridized carbons (Fsp3) is 0.500. The number of hydrogen-bond donors (Lipinski definition) is 1. The standard InChI is InChI=1S/C16H20N2O2/c19-14(13-4-2-1-3-5-13)10-15(20)18-9-7-16(12-18)6-8-17-11-16/h1-5,17H,6-12H2. The van der Waals surface area contributed by atoms with Crippen molar-refractivity contribution in [2.75, 3.05) is 26.2 Å². The van der Waals surface area contributed by atoms with E-state index in [4.69, 9.17) is 0 Å². The summed E-state index contributed by atoms with van der Waals surface area (Å²) in [6.07, 6.45) is 2.20. The van der Waals surface area contributed by atoms with Crippen molar-refractivity contribution in [2.24, 2.45) is 5.41 Å². The highest BCUT2D eigenvalue weighted by Crippen LogP contribution is 2.36. The van der Waals surface area contributed by atoms with Gasteiger partial charge in [-0.05, 0) is 19.4 Å². The highest BCUT2D eigenvalue weighted by atomic mass is 16.2. The summed E-state index contributed by atoms with van der Waals surface area (Å²) in [5, 5.41) is 3.38. The molecule has 2 aliphatic heterocycles. The second-order valence-electron chi connectivity index (χ2n) is 5.96. The van der Waals surface area contributed by atoms with Crippen LogP contribution in [0.4, 0.5) is 0 Å². The molecule has 106 valence electrons. The number of amides is 1. The van der Waals surface area contributed by atoms with Crippen LogP contribution in [-0.2, 0) is 4.79 Å². The van der Waals surface area contributed by atoms with Crippen molar-refractivity contribution >= 4 is 11.7 Å². The van der Waals surface area contributed by atoms with E-state index in [-0.39, 0.29) is 23.5 Å². The van der Waals surface area contributed by atoms with Gasteiger partial charge in [-0.2, -0.15) is 0 Å². The van der Waals surface area contributed by atoms with Gasteiger partial charge in [0.1, 0.15) is 0 Å². The predicted molar refractivity (Wildman–Crippen MR) is 76.5 cm³/mol. The van der Waals surface area contributed by atoms with Crippen molar-refractivity contribution in [3.8, 4) is 0 Å². The Morgan fingerprint density at radius 1 is 1.20 bits per heavy atom. The van der Waals surface area contributed by atoms with Crippen molar-refractivity contribution < 1.29 is 9.59 Å². The van der Waals surface area contributed by atoms with E-state index in [9.17, 15) is 9.59 Å². The summed E-state index contributed by atoms with van der Waals surface area (Å²) < 4.78 is 0. The summed E-state index contributed by atoms with van der Waals surface area (Å²) in [5.41, 5.74) is 0.892. The van der Waals surface area contributed by atoms with Gasteiger partial charge in [-0.15, -0.1) is 0 Å². The number of ketones is 1. The summed E-state index contributed by atoms with van der Waals surface area (Å²) in [7, 11) is 0. The number of carbonyl (C=O) groups excluding carboxylic acids is 2. The number of rotatable bonds is 3. The van der Waals surface area contributed by atoms with Crippen molar-refractivity contribution in [3.05, 3.63) is 35.9 Å². The van der Waals surface area contributed by atoms with Gasteiger partial charge in [0, 0.05) is 30.6 Å². The van der Waals surface area contributed by atoms with Crippen molar-refractivity contribution in [1.29, 1.82) is 0 Å². The lowest BCUT2D eigenvalue weighted by Gasteiger charge is -2.22. The van der Waals surface area contributed by atoms with Gasteiger partial charge >= 0.3 is 0 Å². The zero-order valence-corrected chi connectivity index (χ0v) is 11.6. The van der Waals surface area contributed by atoms with Crippen LogP contribution < -0.4 is 5.32 Å². The van der Waals surface area contributed by atoms with Gasteiger partial charge in [0.15, 0.2) is 5.78 Å². The van der Waals surface area contributed by atoms with Crippen molar-refractivity contribution in [1.82, 2.24) is 10.2 Å². The van der Waals surface area contributed by atoms with Gasteiger partial charge < -0.3 is 10.2 Å². The Balaban J connectivity index is 1.59. The Hall–Kier alpha value is -1.68. The van der Waals surface area contributed by atoms with E-state index >= 15 is 0 Å². The number of hydrogen-bond acceptors (Lipinski definition) is 3. The minimum Gasteiger partial charge on any atom is -0.342 e. The smallest absolute Gasteiger partial charge is 0.230 e. The molecule has 1 N–H and O–H groups in total. The second-order valence-corrected chi connectivity index (χ2v) is 5.96. The second kappa shape index (κ2) is 5.37. The Bertz CT molecular complexity index is 506. The highest BCUT2D eigenvalue weighted by Gasteiger charge is 2.41. The van der Waals surface area contributed by atoms with Gasteiger partial charge in [-0.3, -0.25) is 9.59 Å². The molecule has 0 aliphatic carbocycles. The first-order valence-corrected chi connectivity index (χ1v) is 7.25. The Labute approximate surface area is 119 Å². The molecule has 1 aromatic carbocycles. The van der Waals surface area contributed by atoms with Crippen molar-refractivity contribution in [3.63, 3.8) is 0 Å². The molecule has 4 nitrogen and oxygen atoms in total. The first kappa shape index (κ1) is 13.3. The number of Topliss-reactive ketones (excluding diaryl/α,β-unsaturated/α-hetero) is 1. The summed E-state index contributed by atoms with van der Waals surface area (Å²) in [6.45, 7) is 3.65. The molecule has 1 aromatic rings. The van der Waals surface area contributed by atoms with Crippen LogP contribution >= 0.6 is 0 Å². The molecular weight excluding hydrogens is 252 g/mol. The highest BCUT2D eigenvalue weighted by molar-refractivity contribution is 6.07. The Kier molecular flexibility index (Phi) is 3.57. The molecule has 2 heterocycles. The third kappa shape index (κ3) is 2.61. The molecule has 4 heteroatoms. The average molecular weight is 272 g/mol. The first-order valence-electron chi connectivity index (χ1n) is 7.25. The van der Waals surface area contributed by atoms with Crippen LogP contribution in [-0.4, -0.2) is 42.8 Å². The lowest BCUT2D eigenvalue weighted by atomic mass is 9.86. The van der Waals surface area contributed by atoms with Gasteiger partial charge in [-0.1, -0.05) is 30.3 Å². The first-order chi connectivity index (χ1) is 9.69.